The predicted molar refractivity (Wildman–Crippen MR) is 74.4 cm³/mol. The van der Waals surface area contributed by atoms with Crippen molar-refractivity contribution in [2.75, 3.05) is 5.73 Å². The van der Waals surface area contributed by atoms with Crippen LogP contribution in [-0.2, 0) is 4.65 Å². The van der Waals surface area contributed by atoms with Gasteiger partial charge in [-0.1, -0.05) is 11.5 Å². The lowest BCUT2D eigenvalue weighted by Gasteiger charge is -2.38. The van der Waals surface area contributed by atoms with Crippen molar-refractivity contribution in [2.24, 2.45) is 0 Å². The van der Waals surface area contributed by atoms with Crippen molar-refractivity contribution in [2.45, 2.75) is 38.0 Å². The fourth-order valence-electron chi connectivity index (χ4n) is 0.995. The van der Waals surface area contributed by atoms with E-state index in [-0.39, 0.29) is 10.4 Å². The molecule has 0 aliphatic carbocycles. The maximum atomic E-state index is 13.0. The van der Waals surface area contributed by atoms with Crippen LogP contribution in [0.15, 0.2) is 18.2 Å². The van der Waals surface area contributed by atoms with Gasteiger partial charge in [-0.15, -0.1) is 0 Å². The molecule has 0 aliphatic rings. The third-order valence-corrected chi connectivity index (χ3v) is 3.52. The van der Waals surface area contributed by atoms with E-state index in [1.54, 1.807) is 13.5 Å². The number of nitrogens with two attached hydrogens (primary N) is 1. The minimum atomic E-state index is -0.445. The topological polar surface area (TPSA) is 35.2 Å². The van der Waals surface area contributed by atoms with Crippen LogP contribution in [0.1, 0.15) is 27.7 Å². The second-order valence-corrected chi connectivity index (χ2v) is 6.20. The van der Waals surface area contributed by atoms with Gasteiger partial charge in [-0.3, -0.25) is 0 Å². The maximum Gasteiger partial charge on any atom is 0.330 e. The number of benzene rings is 1. The van der Waals surface area contributed by atoms with Crippen molar-refractivity contribution in [3.8, 4) is 0 Å². The van der Waals surface area contributed by atoms with E-state index in [9.17, 15) is 4.39 Å². The molecule has 17 heavy (non-hydrogen) atoms. The van der Waals surface area contributed by atoms with Crippen LogP contribution in [0.5, 0.6) is 0 Å². The van der Waals surface area contributed by atoms with Gasteiger partial charge in [-0.25, -0.2) is 4.39 Å². The minimum absolute atomic E-state index is 0.116. The van der Waals surface area contributed by atoms with Gasteiger partial charge in [0, 0.05) is 4.75 Å². The van der Waals surface area contributed by atoms with Gasteiger partial charge in [0.15, 0.2) is 0 Å². The summed E-state index contributed by atoms with van der Waals surface area (Å²) in [6.07, 6.45) is 0. The molecular formula is C12H18BFNOS. The monoisotopic (exact) mass is 254 g/mol. The minimum Gasteiger partial charge on any atom is -0.428 e. The summed E-state index contributed by atoms with van der Waals surface area (Å²) in [7, 11) is 1.58. The Morgan fingerprint density at radius 3 is 2.35 bits per heavy atom. The SMILES string of the molecule is CC(C)(S)C(C)(C)O[B]c1ccc(F)c(N)c1. The van der Waals surface area contributed by atoms with Crippen LogP contribution in [0, 0.1) is 5.82 Å². The van der Waals surface area contributed by atoms with Gasteiger partial charge in [0.25, 0.3) is 0 Å². The summed E-state index contributed by atoms with van der Waals surface area (Å²) in [4.78, 5) is 0. The van der Waals surface area contributed by atoms with Gasteiger partial charge in [0.1, 0.15) is 5.82 Å². The number of halogens is 1. The van der Waals surface area contributed by atoms with E-state index in [2.05, 4.69) is 12.6 Å². The summed E-state index contributed by atoms with van der Waals surface area (Å²) in [5, 5.41) is 0. The molecule has 0 fully saturated rings. The number of thiol groups is 1. The highest BCUT2D eigenvalue weighted by Crippen LogP contribution is 2.30. The van der Waals surface area contributed by atoms with Crippen LogP contribution < -0.4 is 11.2 Å². The third-order valence-electron chi connectivity index (χ3n) is 2.98. The largest absolute Gasteiger partial charge is 0.428 e. The number of hydrogen-bond acceptors (Lipinski definition) is 3. The molecule has 0 aromatic heterocycles. The zero-order valence-corrected chi connectivity index (χ0v) is 11.5. The number of rotatable bonds is 4. The van der Waals surface area contributed by atoms with Crippen molar-refractivity contribution >= 4 is 31.3 Å². The zero-order chi connectivity index (χ0) is 13.3. The summed E-state index contributed by atoms with van der Waals surface area (Å²) < 4.78 is 18.4. The molecule has 0 amide bonds. The summed E-state index contributed by atoms with van der Waals surface area (Å²) in [6, 6.07) is 4.48. The molecule has 2 N–H and O–H groups in total. The fourth-order valence-corrected chi connectivity index (χ4v) is 1.05. The first-order chi connectivity index (χ1) is 7.63. The molecule has 0 aliphatic heterocycles. The van der Waals surface area contributed by atoms with Gasteiger partial charge < -0.3 is 10.4 Å². The van der Waals surface area contributed by atoms with E-state index in [1.807, 2.05) is 27.7 Å². The van der Waals surface area contributed by atoms with Gasteiger partial charge in [-0.05, 0) is 39.8 Å². The first kappa shape index (κ1) is 14.4. The predicted octanol–water partition coefficient (Wildman–Crippen LogP) is 2.16. The molecular weight excluding hydrogens is 236 g/mol. The molecule has 1 radical (unpaired) electrons. The second-order valence-electron chi connectivity index (χ2n) is 5.09. The molecule has 93 valence electrons. The first-order valence-corrected chi connectivity index (χ1v) is 5.87. The summed E-state index contributed by atoms with van der Waals surface area (Å²) in [5.41, 5.74) is 5.88. The highest BCUT2D eigenvalue weighted by Gasteiger charge is 2.34. The number of nitrogen functional groups attached to an aromatic ring is 1. The molecule has 0 bridgehead atoms. The molecule has 5 heteroatoms. The summed E-state index contributed by atoms with van der Waals surface area (Å²) >= 11 is 4.49. The highest BCUT2D eigenvalue weighted by molar-refractivity contribution is 7.81. The van der Waals surface area contributed by atoms with E-state index < -0.39 is 11.4 Å². The maximum absolute atomic E-state index is 13.0. The van der Waals surface area contributed by atoms with E-state index in [4.69, 9.17) is 10.4 Å². The van der Waals surface area contributed by atoms with E-state index in [1.165, 1.54) is 12.1 Å². The van der Waals surface area contributed by atoms with Crippen molar-refractivity contribution < 1.29 is 9.04 Å². The van der Waals surface area contributed by atoms with Crippen LogP contribution in [0.25, 0.3) is 0 Å². The van der Waals surface area contributed by atoms with E-state index in [0.29, 0.717) is 0 Å². The lowest BCUT2D eigenvalue weighted by Crippen LogP contribution is -2.45. The van der Waals surface area contributed by atoms with Gasteiger partial charge in [0.05, 0.1) is 11.3 Å². The number of anilines is 1. The van der Waals surface area contributed by atoms with Crippen LogP contribution in [0.2, 0.25) is 0 Å². The van der Waals surface area contributed by atoms with Crippen LogP contribution in [0.4, 0.5) is 10.1 Å². The van der Waals surface area contributed by atoms with Crippen molar-refractivity contribution in [3.63, 3.8) is 0 Å². The lowest BCUT2D eigenvalue weighted by atomic mass is 9.84. The van der Waals surface area contributed by atoms with Crippen molar-refractivity contribution in [1.29, 1.82) is 0 Å². The normalized spacial score (nSPS) is 12.6. The Morgan fingerprint density at radius 2 is 1.88 bits per heavy atom. The zero-order valence-electron chi connectivity index (χ0n) is 10.6. The Hall–Kier alpha value is -0.675. The molecule has 0 spiro atoms. The Bertz CT molecular complexity index is 404. The molecule has 0 saturated heterocycles. The quantitative estimate of drug-likeness (QED) is 0.490. The Kier molecular flexibility index (Phi) is 4.15. The van der Waals surface area contributed by atoms with Crippen LogP contribution in [0.3, 0.4) is 0 Å². The van der Waals surface area contributed by atoms with Gasteiger partial charge >= 0.3 is 7.48 Å². The average Bonchev–Trinajstić information content (AvgIpc) is 2.18. The molecule has 1 aromatic carbocycles. The van der Waals surface area contributed by atoms with E-state index in [0.717, 1.165) is 5.46 Å². The molecule has 0 unspecified atom stereocenters. The molecule has 1 rings (SSSR count). The molecule has 2 nitrogen and oxygen atoms in total. The van der Waals surface area contributed by atoms with Gasteiger partial charge in [0.2, 0.25) is 0 Å². The molecule has 0 saturated carbocycles. The lowest BCUT2D eigenvalue weighted by molar-refractivity contribution is 0.0854. The fraction of sp³-hybridized carbons (Fsp3) is 0.500. The first-order valence-electron chi connectivity index (χ1n) is 5.42. The van der Waals surface area contributed by atoms with Crippen molar-refractivity contribution in [3.05, 3.63) is 24.0 Å². The second kappa shape index (κ2) is 4.90. The molecule has 1 aromatic rings. The third kappa shape index (κ3) is 3.64. The highest BCUT2D eigenvalue weighted by atomic mass is 32.1. The van der Waals surface area contributed by atoms with Crippen LogP contribution >= 0.6 is 12.6 Å². The van der Waals surface area contributed by atoms with Crippen LogP contribution in [-0.4, -0.2) is 17.8 Å². The molecule has 0 heterocycles. The Balaban J connectivity index is 2.71. The number of hydrogen-bond donors (Lipinski definition) is 2. The Labute approximate surface area is 108 Å². The smallest absolute Gasteiger partial charge is 0.330 e. The summed E-state index contributed by atoms with van der Waals surface area (Å²) in [6.45, 7) is 7.85. The Morgan fingerprint density at radius 1 is 1.29 bits per heavy atom. The average molecular weight is 254 g/mol. The standard InChI is InChI=1S/C12H18BFNOS/c1-11(2,12(3,4)17)16-13-8-5-6-9(14)10(15)7-8/h5-7,17H,15H2,1-4H3. The summed E-state index contributed by atoms with van der Waals surface area (Å²) in [5.74, 6) is -0.420. The van der Waals surface area contributed by atoms with Gasteiger partial charge in [-0.2, -0.15) is 12.6 Å². The van der Waals surface area contributed by atoms with E-state index >= 15 is 0 Å². The molecule has 0 atom stereocenters. The van der Waals surface area contributed by atoms with Crippen molar-refractivity contribution in [1.82, 2.24) is 0 Å².